The van der Waals surface area contributed by atoms with Crippen LogP contribution in [0.15, 0.2) is 121 Å². The second kappa shape index (κ2) is 12.4. The second-order valence-corrected chi connectivity index (χ2v) is 13.8. The molecule has 1 heteroatoms. The van der Waals surface area contributed by atoms with Gasteiger partial charge in [-0.15, -0.1) is 0 Å². The number of benzene rings is 5. The van der Waals surface area contributed by atoms with E-state index in [2.05, 4.69) is 147 Å². The smallest absolute Gasteiger partial charge is 0.0540 e. The van der Waals surface area contributed by atoms with Gasteiger partial charge in [0.1, 0.15) is 0 Å². The van der Waals surface area contributed by atoms with Crippen LogP contribution in [0.5, 0.6) is 0 Å². The molecule has 0 amide bonds. The van der Waals surface area contributed by atoms with E-state index in [0.717, 1.165) is 18.8 Å². The molecule has 0 saturated heterocycles. The lowest BCUT2D eigenvalue weighted by molar-refractivity contribution is 0.596. The van der Waals surface area contributed by atoms with Crippen LogP contribution in [0.25, 0.3) is 27.5 Å². The van der Waals surface area contributed by atoms with Crippen LogP contribution in [0.2, 0.25) is 0 Å². The summed E-state index contributed by atoms with van der Waals surface area (Å²) in [5.74, 6) is 1.51. The van der Waals surface area contributed by atoms with Gasteiger partial charge in [0, 0.05) is 22.2 Å². The Bertz CT molecular complexity index is 1940. The van der Waals surface area contributed by atoms with Crippen molar-refractivity contribution in [2.24, 2.45) is 5.92 Å². The monoisotopic (exact) mass is 601 g/mol. The molecule has 5 aromatic carbocycles. The third-order valence-electron chi connectivity index (χ3n) is 10.6. The van der Waals surface area contributed by atoms with E-state index < -0.39 is 0 Å². The average Bonchev–Trinajstić information content (AvgIpc) is 3.65. The highest BCUT2D eigenvalue weighted by atomic mass is 15.1. The number of fused-ring (bicyclic) bond motifs is 4. The summed E-state index contributed by atoms with van der Waals surface area (Å²) in [4.78, 5) is 2.50. The molecule has 5 aromatic rings. The van der Waals surface area contributed by atoms with Crippen LogP contribution in [-0.4, -0.2) is 0 Å². The van der Waals surface area contributed by atoms with Crippen molar-refractivity contribution in [3.63, 3.8) is 0 Å². The predicted molar refractivity (Wildman–Crippen MR) is 200 cm³/mol. The number of anilines is 3. The van der Waals surface area contributed by atoms with Gasteiger partial charge in [0.25, 0.3) is 0 Å². The maximum atomic E-state index is 2.50. The van der Waals surface area contributed by atoms with Gasteiger partial charge in [-0.3, -0.25) is 0 Å². The number of hydrogen-bond donors (Lipinski definition) is 0. The van der Waals surface area contributed by atoms with E-state index in [0.29, 0.717) is 5.92 Å². The average molecular weight is 602 g/mol. The molecule has 2 atom stereocenters. The number of rotatable bonds is 5. The summed E-state index contributed by atoms with van der Waals surface area (Å²) in [5, 5.41) is 2.58. The third-order valence-corrected chi connectivity index (χ3v) is 10.6. The Morgan fingerprint density at radius 3 is 2.09 bits per heavy atom. The minimum atomic E-state index is -0.0532. The Morgan fingerprint density at radius 1 is 0.652 bits per heavy atom. The predicted octanol–water partition coefficient (Wildman–Crippen LogP) is 13.3. The maximum Gasteiger partial charge on any atom is 0.0540 e. The molecule has 0 aliphatic heterocycles. The zero-order chi connectivity index (χ0) is 31.8. The molecule has 0 heterocycles. The van der Waals surface area contributed by atoms with Gasteiger partial charge >= 0.3 is 0 Å². The second-order valence-electron chi connectivity index (χ2n) is 13.8. The molecule has 0 radical (unpaired) electrons. The number of allylic oxidation sites excluding steroid dienone is 4. The molecule has 0 bridgehead atoms. The molecule has 2 unspecified atom stereocenters. The van der Waals surface area contributed by atoms with Crippen LogP contribution in [0, 0.1) is 5.92 Å². The lowest BCUT2D eigenvalue weighted by Gasteiger charge is -2.30. The van der Waals surface area contributed by atoms with E-state index in [-0.39, 0.29) is 5.41 Å². The van der Waals surface area contributed by atoms with Crippen molar-refractivity contribution in [1.82, 2.24) is 0 Å². The number of hydrogen-bond acceptors (Lipinski definition) is 1. The maximum absolute atomic E-state index is 2.50. The Morgan fingerprint density at radius 2 is 1.35 bits per heavy atom. The standard InChI is InChI=1S/C43H41N.C2H6/c1-29-17-18-32(27-29)30-19-21-33(22-20-30)44(34-23-24-38-37-14-9-10-16-40(37)43(2,3)41(38)28-34)42-26-25-35(31-11-5-4-6-12-31)36-13-7-8-15-39(36)42;1-2/h5,7-16,19-26,28-29,32H,4,6,17-18,27H2,1-3H3;1-2H3. The topological polar surface area (TPSA) is 3.24 Å². The van der Waals surface area contributed by atoms with Crippen molar-refractivity contribution in [2.75, 3.05) is 4.90 Å². The molecule has 1 saturated carbocycles. The number of nitrogens with zero attached hydrogens (tertiary/aromatic N) is 1. The molecule has 0 aromatic heterocycles. The van der Waals surface area contributed by atoms with Gasteiger partial charge in [-0.05, 0) is 112 Å². The first-order valence-electron chi connectivity index (χ1n) is 17.5. The van der Waals surface area contributed by atoms with Crippen molar-refractivity contribution in [2.45, 2.75) is 78.1 Å². The van der Waals surface area contributed by atoms with Crippen LogP contribution in [0.3, 0.4) is 0 Å². The molecule has 0 spiro atoms. The van der Waals surface area contributed by atoms with E-state index in [1.54, 1.807) is 0 Å². The molecular weight excluding hydrogens is 555 g/mol. The summed E-state index contributed by atoms with van der Waals surface area (Å²) >= 11 is 0. The summed E-state index contributed by atoms with van der Waals surface area (Å²) < 4.78 is 0. The van der Waals surface area contributed by atoms with Gasteiger partial charge in [0.05, 0.1) is 5.69 Å². The van der Waals surface area contributed by atoms with Gasteiger partial charge in [-0.25, -0.2) is 0 Å². The van der Waals surface area contributed by atoms with Crippen molar-refractivity contribution >= 4 is 33.4 Å². The SMILES string of the molecule is CC.CC1CCC(c2ccc(N(c3ccc4c(c3)C(C)(C)c3ccccc3-4)c3ccc(C4=CCCC=C4)c4ccccc34)cc2)C1. The van der Waals surface area contributed by atoms with Crippen LogP contribution in [-0.2, 0) is 5.41 Å². The highest BCUT2D eigenvalue weighted by Gasteiger charge is 2.36. The normalized spacial score (nSPS) is 19.2. The van der Waals surface area contributed by atoms with Gasteiger partial charge in [-0.1, -0.05) is 132 Å². The van der Waals surface area contributed by atoms with E-state index in [9.17, 15) is 0 Å². The fraction of sp³-hybridized carbons (Fsp3) is 0.289. The Kier molecular flexibility index (Phi) is 8.20. The summed E-state index contributed by atoms with van der Waals surface area (Å²) in [6, 6.07) is 39.2. The fourth-order valence-electron chi connectivity index (χ4n) is 8.21. The van der Waals surface area contributed by atoms with Crippen LogP contribution in [0.1, 0.15) is 94.9 Å². The van der Waals surface area contributed by atoms with Crippen molar-refractivity contribution in [1.29, 1.82) is 0 Å². The molecule has 232 valence electrons. The lowest BCUT2D eigenvalue weighted by atomic mass is 9.82. The quantitative estimate of drug-likeness (QED) is 0.194. The third kappa shape index (κ3) is 5.20. The molecule has 1 nitrogen and oxygen atoms in total. The molecule has 46 heavy (non-hydrogen) atoms. The highest BCUT2D eigenvalue weighted by Crippen LogP contribution is 2.51. The molecule has 1 fully saturated rings. The summed E-state index contributed by atoms with van der Waals surface area (Å²) in [6.45, 7) is 11.1. The van der Waals surface area contributed by atoms with Crippen LogP contribution >= 0.6 is 0 Å². The van der Waals surface area contributed by atoms with E-state index >= 15 is 0 Å². The first-order valence-corrected chi connectivity index (χ1v) is 17.5. The van der Waals surface area contributed by atoms with Crippen molar-refractivity contribution in [3.8, 4) is 11.1 Å². The highest BCUT2D eigenvalue weighted by molar-refractivity contribution is 6.05. The van der Waals surface area contributed by atoms with Gasteiger partial charge in [-0.2, -0.15) is 0 Å². The Hall–Kier alpha value is -4.36. The molecule has 8 rings (SSSR count). The van der Waals surface area contributed by atoms with Crippen molar-refractivity contribution < 1.29 is 0 Å². The largest absolute Gasteiger partial charge is 0.310 e. The minimum Gasteiger partial charge on any atom is -0.310 e. The zero-order valence-corrected chi connectivity index (χ0v) is 28.2. The lowest BCUT2D eigenvalue weighted by Crippen LogP contribution is -2.16. The first kappa shape index (κ1) is 30.3. The van der Waals surface area contributed by atoms with E-state index in [1.807, 2.05) is 13.8 Å². The Balaban J connectivity index is 0.00000166. The van der Waals surface area contributed by atoms with E-state index in [1.165, 1.54) is 86.1 Å². The minimum absolute atomic E-state index is 0.0532. The molecule has 3 aliphatic carbocycles. The van der Waals surface area contributed by atoms with E-state index in [4.69, 9.17) is 0 Å². The van der Waals surface area contributed by atoms with Gasteiger partial charge < -0.3 is 4.90 Å². The van der Waals surface area contributed by atoms with Crippen LogP contribution in [0.4, 0.5) is 17.1 Å². The molecule has 0 N–H and O–H groups in total. The first-order chi connectivity index (χ1) is 22.5. The summed E-state index contributed by atoms with van der Waals surface area (Å²) in [7, 11) is 0. The summed E-state index contributed by atoms with van der Waals surface area (Å²) in [5.41, 5.74) is 13.3. The van der Waals surface area contributed by atoms with Crippen LogP contribution < -0.4 is 4.90 Å². The zero-order valence-electron chi connectivity index (χ0n) is 28.2. The Labute approximate surface area is 276 Å². The molecule has 3 aliphatic rings. The van der Waals surface area contributed by atoms with Crippen molar-refractivity contribution in [3.05, 3.63) is 144 Å². The fourth-order valence-corrected chi connectivity index (χ4v) is 8.21. The van der Waals surface area contributed by atoms with Gasteiger partial charge in [0.15, 0.2) is 0 Å². The summed E-state index contributed by atoms with van der Waals surface area (Å²) in [6.07, 6.45) is 13.2. The molecular formula is C45H47N. The van der Waals surface area contributed by atoms with Gasteiger partial charge in [0.2, 0.25) is 0 Å².